The number of ketones is 2. The highest BCUT2D eigenvalue weighted by Gasteiger charge is 2.06. The van der Waals surface area contributed by atoms with Crippen molar-refractivity contribution in [3.63, 3.8) is 0 Å². The summed E-state index contributed by atoms with van der Waals surface area (Å²) >= 11 is 0. The van der Waals surface area contributed by atoms with Crippen LogP contribution in [-0.4, -0.2) is 36.0 Å². The van der Waals surface area contributed by atoms with Crippen LogP contribution in [-0.2, 0) is 9.59 Å². The van der Waals surface area contributed by atoms with Crippen LogP contribution in [0, 0.1) is 0 Å². The molecule has 0 aliphatic heterocycles. The first-order chi connectivity index (χ1) is 12.9. The van der Waals surface area contributed by atoms with Crippen molar-refractivity contribution in [2.24, 2.45) is 0 Å². The Balaban J connectivity index is 1.95. The van der Waals surface area contributed by atoms with E-state index in [0.717, 1.165) is 0 Å². The Labute approximate surface area is 157 Å². The molecular formula is C21H20O6. The molecule has 0 fully saturated rings. The van der Waals surface area contributed by atoms with E-state index < -0.39 is 5.78 Å². The van der Waals surface area contributed by atoms with Crippen LogP contribution >= 0.6 is 0 Å². The molecule has 0 amide bonds. The van der Waals surface area contributed by atoms with Gasteiger partial charge >= 0.3 is 0 Å². The van der Waals surface area contributed by atoms with E-state index in [2.05, 4.69) is 0 Å². The minimum atomic E-state index is -0.391. The normalized spacial score (nSPS) is 11.0. The van der Waals surface area contributed by atoms with Crippen LogP contribution in [0.2, 0.25) is 0 Å². The lowest BCUT2D eigenvalue weighted by Crippen LogP contribution is -2.01. The van der Waals surface area contributed by atoms with Gasteiger partial charge in [-0.1, -0.05) is 12.1 Å². The number of aromatic hydroxyl groups is 2. The van der Waals surface area contributed by atoms with E-state index >= 15 is 0 Å². The van der Waals surface area contributed by atoms with Crippen LogP contribution in [0.1, 0.15) is 17.5 Å². The zero-order valence-corrected chi connectivity index (χ0v) is 15.0. The van der Waals surface area contributed by atoms with E-state index in [-0.39, 0.29) is 23.7 Å². The molecule has 27 heavy (non-hydrogen) atoms. The number of phenols is 2. The van der Waals surface area contributed by atoms with E-state index in [0.29, 0.717) is 22.6 Å². The first-order valence-corrected chi connectivity index (χ1v) is 8.08. The molecule has 0 radical (unpaired) electrons. The molecule has 0 bridgehead atoms. The Morgan fingerprint density at radius 2 is 1.59 bits per heavy atom. The predicted molar refractivity (Wildman–Crippen MR) is 102 cm³/mol. The zero-order valence-electron chi connectivity index (χ0n) is 15.0. The number of rotatable bonds is 8. The maximum Gasteiger partial charge on any atom is 0.163 e. The first-order valence-electron chi connectivity index (χ1n) is 8.08. The predicted octanol–water partition coefficient (Wildman–Crippen LogP) is 3.37. The second-order valence-corrected chi connectivity index (χ2v) is 5.63. The van der Waals surface area contributed by atoms with Gasteiger partial charge in [0.1, 0.15) is 11.5 Å². The van der Waals surface area contributed by atoms with Crippen LogP contribution in [0.3, 0.4) is 0 Å². The van der Waals surface area contributed by atoms with Crippen molar-refractivity contribution in [2.75, 3.05) is 14.2 Å². The van der Waals surface area contributed by atoms with Crippen LogP contribution in [0.4, 0.5) is 0 Å². The van der Waals surface area contributed by atoms with E-state index in [1.54, 1.807) is 24.3 Å². The van der Waals surface area contributed by atoms with E-state index in [1.165, 1.54) is 50.7 Å². The Morgan fingerprint density at radius 3 is 2.19 bits per heavy atom. The van der Waals surface area contributed by atoms with Gasteiger partial charge in [-0.2, -0.15) is 0 Å². The maximum atomic E-state index is 11.9. The minimum Gasteiger partial charge on any atom is -0.507 e. The third-order valence-electron chi connectivity index (χ3n) is 3.70. The summed E-state index contributed by atoms with van der Waals surface area (Å²) in [5, 5.41) is 19.5. The largest absolute Gasteiger partial charge is 0.507 e. The summed E-state index contributed by atoms with van der Waals surface area (Å²) in [6.07, 6.45) is 5.17. The maximum absolute atomic E-state index is 11.9. The summed E-state index contributed by atoms with van der Waals surface area (Å²) in [6.45, 7) is 0. The Hall–Kier alpha value is -3.54. The van der Waals surface area contributed by atoms with Gasteiger partial charge in [-0.3, -0.25) is 9.59 Å². The molecule has 0 atom stereocenters. The number of methoxy groups -OCH3 is 2. The van der Waals surface area contributed by atoms with E-state index in [9.17, 15) is 19.8 Å². The van der Waals surface area contributed by atoms with Gasteiger partial charge in [-0.25, -0.2) is 0 Å². The van der Waals surface area contributed by atoms with Crippen molar-refractivity contribution in [1.29, 1.82) is 0 Å². The third-order valence-corrected chi connectivity index (χ3v) is 3.70. The van der Waals surface area contributed by atoms with Gasteiger partial charge < -0.3 is 19.7 Å². The van der Waals surface area contributed by atoms with Gasteiger partial charge in [0.15, 0.2) is 23.1 Å². The van der Waals surface area contributed by atoms with Crippen LogP contribution < -0.4 is 9.47 Å². The van der Waals surface area contributed by atoms with Crippen molar-refractivity contribution < 1.29 is 29.3 Å². The molecule has 6 heteroatoms. The van der Waals surface area contributed by atoms with Crippen molar-refractivity contribution in [3.8, 4) is 23.0 Å². The second kappa shape index (κ2) is 9.24. The molecular weight excluding hydrogens is 348 g/mol. The summed E-state index contributed by atoms with van der Waals surface area (Å²) in [4.78, 5) is 23.8. The summed E-state index contributed by atoms with van der Waals surface area (Å²) < 4.78 is 9.93. The van der Waals surface area contributed by atoms with Gasteiger partial charge in [0, 0.05) is 11.6 Å². The highest BCUT2D eigenvalue weighted by molar-refractivity contribution is 6.11. The van der Waals surface area contributed by atoms with Gasteiger partial charge in [0.25, 0.3) is 0 Å². The molecule has 0 heterocycles. The molecule has 2 aromatic carbocycles. The number of ether oxygens (including phenoxy) is 2. The molecule has 0 spiro atoms. The average Bonchev–Trinajstić information content (AvgIpc) is 2.65. The number of phenolic OH excluding ortho intramolecular Hbond substituents is 2. The number of benzene rings is 2. The molecule has 6 nitrogen and oxygen atoms in total. The van der Waals surface area contributed by atoms with Crippen molar-refractivity contribution in [2.45, 2.75) is 6.42 Å². The highest BCUT2D eigenvalue weighted by Crippen LogP contribution is 2.27. The van der Waals surface area contributed by atoms with Crippen LogP contribution in [0.25, 0.3) is 12.2 Å². The average molecular weight is 368 g/mol. The van der Waals surface area contributed by atoms with Crippen LogP contribution in [0.5, 0.6) is 23.0 Å². The first kappa shape index (κ1) is 19.8. The molecule has 2 N–H and O–H groups in total. The topological polar surface area (TPSA) is 93.1 Å². The Bertz CT molecular complexity index is 896. The molecule has 140 valence electrons. The SMILES string of the molecule is COc1ccc(/C=C/C(=O)CC(=O)/C=C/c2ccc(OC)c(O)c2)c(O)c1. The lowest BCUT2D eigenvalue weighted by atomic mass is 10.1. The van der Waals surface area contributed by atoms with Gasteiger partial charge in [0.05, 0.1) is 20.6 Å². The monoisotopic (exact) mass is 368 g/mol. The summed E-state index contributed by atoms with van der Waals surface area (Å²) in [5.41, 5.74) is 1.05. The minimum absolute atomic E-state index is 0.0241. The second-order valence-electron chi connectivity index (χ2n) is 5.63. The summed E-state index contributed by atoms with van der Waals surface area (Å²) in [6, 6.07) is 9.40. The molecule has 0 saturated carbocycles. The Morgan fingerprint density at radius 1 is 0.889 bits per heavy atom. The summed E-state index contributed by atoms with van der Waals surface area (Å²) in [5.74, 6) is 0.00661. The smallest absolute Gasteiger partial charge is 0.163 e. The van der Waals surface area contributed by atoms with Crippen molar-refractivity contribution in [3.05, 3.63) is 59.7 Å². The van der Waals surface area contributed by atoms with Gasteiger partial charge in [-0.15, -0.1) is 0 Å². The molecule has 2 rings (SSSR count). The lowest BCUT2D eigenvalue weighted by molar-refractivity contribution is -0.121. The number of carbonyl (C=O) groups is 2. The van der Waals surface area contributed by atoms with Gasteiger partial charge in [0.2, 0.25) is 0 Å². The van der Waals surface area contributed by atoms with Crippen LogP contribution in [0.15, 0.2) is 48.6 Å². The third kappa shape index (κ3) is 5.74. The molecule has 0 aliphatic rings. The molecule has 0 aliphatic carbocycles. The van der Waals surface area contributed by atoms with E-state index in [4.69, 9.17) is 9.47 Å². The number of hydrogen-bond donors (Lipinski definition) is 2. The summed E-state index contributed by atoms with van der Waals surface area (Å²) in [7, 11) is 2.93. The number of allylic oxidation sites excluding steroid dienone is 2. The quantitative estimate of drug-likeness (QED) is 0.548. The highest BCUT2D eigenvalue weighted by atomic mass is 16.5. The Kier molecular flexibility index (Phi) is 6.77. The standard InChI is InChI=1S/C21H20O6/c1-26-18-9-6-15(19(24)13-18)5-8-17(23)12-16(22)7-3-14-4-10-21(27-2)20(25)11-14/h3-11,13,24-25H,12H2,1-2H3/b7-3+,8-5+. The zero-order chi connectivity index (χ0) is 19.8. The molecule has 0 unspecified atom stereocenters. The molecule has 2 aromatic rings. The number of carbonyl (C=O) groups excluding carboxylic acids is 2. The fourth-order valence-corrected chi connectivity index (χ4v) is 2.26. The molecule has 0 saturated heterocycles. The fourth-order valence-electron chi connectivity index (χ4n) is 2.26. The number of hydrogen-bond acceptors (Lipinski definition) is 6. The van der Waals surface area contributed by atoms with Gasteiger partial charge in [-0.05, 0) is 48.1 Å². The van der Waals surface area contributed by atoms with Crippen molar-refractivity contribution in [1.82, 2.24) is 0 Å². The van der Waals surface area contributed by atoms with Crippen molar-refractivity contribution >= 4 is 23.7 Å². The fraction of sp³-hybridized carbons (Fsp3) is 0.143. The van der Waals surface area contributed by atoms with E-state index in [1.807, 2.05) is 0 Å². The lowest BCUT2D eigenvalue weighted by Gasteiger charge is -2.03. The molecule has 0 aromatic heterocycles.